The number of aryl methyl sites for hydroxylation is 1. The first-order valence-corrected chi connectivity index (χ1v) is 10.8. The van der Waals surface area contributed by atoms with Crippen LogP contribution >= 0.6 is 0 Å². The van der Waals surface area contributed by atoms with Crippen LogP contribution in [-0.2, 0) is 10.0 Å². The molecule has 0 aliphatic carbocycles. The molecule has 2 atom stereocenters. The average molecular weight is 405 g/mol. The Bertz CT molecular complexity index is 981. The number of sulfonamides is 1. The van der Waals surface area contributed by atoms with Crippen molar-refractivity contribution in [3.63, 3.8) is 0 Å². The molecule has 1 fully saturated rings. The molecule has 1 heterocycles. The quantitative estimate of drug-likeness (QED) is 0.836. The summed E-state index contributed by atoms with van der Waals surface area (Å²) in [6, 6.07) is 10.1. The molecule has 0 unspecified atom stereocenters. The molecular weight excluding hydrogens is 379 g/mol. The largest absolute Gasteiger partial charge is 0.338 e. The van der Waals surface area contributed by atoms with Gasteiger partial charge in [0, 0.05) is 13.1 Å². The second-order valence-electron chi connectivity index (χ2n) is 7.72. The summed E-state index contributed by atoms with van der Waals surface area (Å²) >= 11 is 0. The number of hydrogen-bond donors (Lipinski definition) is 1. The molecule has 150 valence electrons. The Balaban J connectivity index is 1.91. The molecular formula is C21H25FN2O3S. The number of hydrogen-bond acceptors (Lipinski definition) is 3. The van der Waals surface area contributed by atoms with E-state index in [0.29, 0.717) is 36.1 Å². The van der Waals surface area contributed by atoms with Crippen LogP contribution in [-0.4, -0.2) is 32.3 Å². The molecule has 2 aromatic rings. The Morgan fingerprint density at radius 3 is 2.39 bits per heavy atom. The van der Waals surface area contributed by atoms with Crippen molar-refractivity contribution in [2.45, 2.75) is 32.1 Å². The van der Waals surface area contributed by atoms with Gasteiger partial charge < -0.3 is 4.90 Å². The molecule has 1 aliphatic heterocycles. The number of nitrogens with one attached hydrogen (secondary N) is 1. The van der Waals surface area contributed by atoms with Crippen LogP contribution in [0.2, 0.25) is 0 Å². The maximum Gasteiger partial charge on any atom is 0.262 e. The van der Waals surface area contributed by atoms with Crippen molar-refractivity contribution in [1.82, 2.24) is 4.90 Å². The van der Waals surface area contributed by atoms with Crippen LogP contribution in [0.4, 0.5) is 10.1 Å². The van der Waals surface area contributed by atoms with E-state index >= 15 is 0 Å². The number of para-hydroxylation sites is 1. The maximum atomic E-state index is 13.3. The number of piperidine rings is 1. The van der Waals surface area contributed by atoms with Gasteiger partial charge >= 0.3 is 0 Å². The third-order valence-corrected chi connectivity index (χ3v) is 6.51. The van der Waals surface area contributed by atoms with Crippen LogP contribution in [0.1, 0.15) is 36.2 Å². The Labute approximate surface area is 165 Å². The van der Waals surface area contributed by atoms with Gasteiger partial charge in [0.1, 0.15) is 5.82 Å². The normalized spacial score (nSPS) is 20.1. The van der Waals surface area contributed by atoms with Gasteiger partial charge in [-0.15, -0.1) is 0 Å². The zero-order valence-corrected chi connectivity index (χ0v) is 17.1. The van der Waals surface area contributed by atoms with E-state index in [-0.39, 0.29) is 16.5 Å². The highest BCUT2D eigenvalue weighted by Gasteiger charge is 2.28. The first-order chi connectivity index (χ1) is 13.2. The third-order valence-electron chi connectivity index (χ3n) is 4.98. The van der Waals surface area contributed by atoms with E-state index in [2.05, 4.69) is 18.6 Å². The first kappa shape index (κ1) is 20.3. The van der Waals surface area contributed by atoms with E-state index in [9.17, 15) is 17.6 Å². The third kappa shape index (κ3) is 4.35. The zero-order valence-electron chi connectivity index (χ0n) is 16.3. The minimum atomic E-state index is -3.96. The van der Waals surface area contributed by atoms with Crippen LogP contribution in [0.5, 0.6) is 0 Å². The number of halogens is 1. The van der Waals surface area contributed by atoms with Crippen molar-refractivity contribution >= 4 is 21.6 Å². The predicted octanol–water partition coefficient (Wildman–Crippen LogP) is 4.05. The lowest BCUT2D eigenvalue weighted by molar-refractivity contribution is 0.0624. The van der Waals surface area contributed by atoms with Crippen molar-refractivity contribution in [1.29, 1.82) is 0 Å². The van der Waals surface area contributed by atoms with Crippen LogP contribution in [0.25, 0.3) is 0 Å². The van der Waals surface area contributed by atoms with Crippen LogP contribution in [0.3, 0.4) is 0 Å². The predicted molar refractivity (Wildman–Crippen MR) is 107 cm³/mol. The van der Waals surface area contributed by atoms with E-state index < -0.39 is 15.8 Å². The molecule has 1 N–H and O–H groups in total. The van der Waals surface area contributed by atoms with Gasteiger partial charge in [-0.25, -0.2) is 12.8 Å². The van der Waals surface area contributed by atoms with Gasteiger partial charge in [0.05, 0.1) is 16.1 Å². The van der Waals surface area contributed by atoms with E-state index in [1.807, 2.05) is 0 Å². The summed E-state index contributed by atoms with van der Waals surface area (Å²) in [5.74, 6) is 0.115. The molecule has 3 rings (SSSR count). The summed E-state index contributed by atoms with van der Waals surface area (Å²) in [5.41, 5.74) is 0.837. The Kier molecular flexibility index (Phi) is 5.74. The van der Waals surface area contributed by atoms with Crippen LogP contribution in [0, 0.1) is 24.6 Å². The van der Waals surface area contributed by atoms with Gasteiger partial charge in [-0.3, -0.25) is 9.52 Å². The van der Waals surface area contributed by atoms with E-state index in [0.717, 1.165) is 12.5 Å². The monoisotopic (exact) mass is 404 g/mol. The van der Waals surface area contributed by atoms with E-state index in [1.165, 1.54) is 19.1 Å². The molecule has 28 heavy (non-hydrogen) atoms. The van der Waals surface area contributed by atoms with Crippen molar-refractivity contribution in [3.05, 3.63) is 59.4 Å². The van der Waals surface area contributed by atoms with Crippen molar-refractivity contribution in [2.75, 3.05) is 17.8 Å². The summed E-state index contributed by atoms with van der Waals surface area (Å²) < 4.78 is 41.5. The standard InChI is InChI=1S/C21H25FN2O3S/c1-14-10-15(2)13-24(12-14)21(25)18-6-4-5-7-19(18)23-28(26,27)20-9-8-17(22)11-16(20)3/h4-9,11,14-15,23H,10,12-13H2,1-3H3/t14-,15-/m0/s1. The molecule has 0 saturated carbocycles. The molecule has 0 aromatic heterocycles. The molecule has 5 nitrogen and oxygen atoms in total. The van der Waals surface area contributed by atoms with Gasteiger partial charge in [-0.05, 0) is 61.1 Å². The van der Waals surface area contributed by atoms with Gasteiger partial charge in [-0.1, -0.05) is 26.0 Å². The highest BCUT2D eigenvalue weighted by Crippen LogP contribution is 2.27. The van der Waals surface area contributed by atoms with Gasteiger partial charge in [0.25, 0.3) is 15.9 Å². The molecule has 1 amide bonds. The minimum absolute atomic E-state index is 0.0173. The summed E-state index contributed by atoms with van der Waals surface area (Å²) in [4.78, 5) is 14.9. The van der Waals surface area contributed by atoms with Crippen molar-refractivity contribution in [3.8, 4) is 0 Å². The number of rotatable bonds is 4. The van der Waals surface area contributed by atoms with E-state index in [1.54, 1.807) is 29.2 Å². The molecule has 1 aliphatic rings. The smallest absolute Gasteiger partial charge is 0.262 e. The minimum Gasteiger partial charge on any atom is -0.338 e. The topological polar surface area (TPSA) is 66.5 Å². The molecule has 0 radical (unpaired) electrons. The number of benzene rings is 2. The number of anilines is 1. The van der Waals surface area contributed by atoms with Crippen molar-refractivity contribution in [2.24, 2.45) is 11.8 Å². The number of likely N-dealkylation sites (tertiary alicyclic amines) is 1. The fourth-order valence-corrected chi connectivity index (χ4v) is 5.18. The Morgan fingerprint density at radius 1 is 1.11 bits per heavy atom. The number of amides is 1. The van der Waals surface area contributed by atoms with Crippen LogP contribution < -0.4 is 4.72 Å². The highest BCUT2D eigenvalue weighted by atomic mass is 32.2. The summed E-state index contributed by atoms with van der Waals surface area (Å²) in [5, 5.41) is 0. The number of nitrogens with zero attached hydrogens (tertiary/aromatic N) is 1. The second kappa shape index (κ2) is 7.91. The Morgan fingerprint density at radius 2 is 1.75 bits per heavy atom. The molecule has 7 heteroatoms. The SMILES string of the molecule is Cc1cc(F)ccc1S(=O)(=O)Nc1ccccc1C(=O)N1C[C@@H](C)C[C@H](C)C1. The lowest BCUT2D eigenvalue weighted by atomic mass is 9.91. The second-order valence-corrected chi connectivity index (χ2v) is 9.37. The zero-order chi connectivity index (χ0) is 20.5. The lowest BCUT2D eigenvalue weighted by Crippen LogP contribution is -2.42. The first-order valence-electron chi connectivity index (χ1n) is 9.34. The molecule has 0 spiro atoms. The molecule has 2 aromatic carbocycles. The van der Waals surface area contributed by atoms with Crippen LogP contribution in [0.15, 0.2) is 47.4 Å². The van der Waals surface area contributed by atoms with Gasteiger partial charge in [0.2, 0.25) is 0 Å². The highest BCUT2D eigenvalue weighted by molar-refractivity contribution is 7.92. The fraction of sp³-hybridized carbons (Fsp3) is 0.381. The molecule has 1 saturated heterocycles. The maximum absolute atomic E-state index is 13.3. The summed E-state index contributed by atoms with van der Waals surface area (Å²) in [6.07, 6.45) is 1.07. The van der Waals surface area contributed by atoms with Crippen molar-refractivity contribution < 1.29 is 17.6 Å². The number of carbonyl (C=O) groups excluding carboxylic acids is 1. The number of carbonyl (C=O) groups is 1. The average Bonchev–Trinajstić information content (AvgIpc) is 2.60. The lowest BCUT2D eigenvalue weighted by Gasteiger charge is -2.35. The van der Waals surface area contributed by atoms with E-state index in [4.69, 9.17) is 0 Å². The fourth-order valence-electron chi connectivity index (χ4n) is 3.87. The van der Waals surface area contributed by atoms with Gasteiger partial charge in [-0.2, -0.15) is 0 Å². The molecule has 0 bridgehead atoms. The van der Waals surface area contributed by atoms with Gasteiger partial charge in [0.15, 0.2) is 0 Å². The summed E-state index contributed by atoms with van der Waals surface area (Å²) in [7, 11) is -3.96. The Hall–Kier alpha value is -2.41. The summed E-state index contributed by atoms with van der Waals surface area (Å²) in [6.45, 7) is 7.07.